The van der Waals surface area contributed by atoms with E-state index < -0.39 is 0 Å². The average molecular weight is 296 g/mol. The Labute approximate surface area is 119 Å². The number of nitrogens with zero attached hydrogens (tertiary/aromatic N) is 2. The van der Waals surface area contributed by atoms with E-state index in [-0.39, 0.29) is 5.56 Å². The van der Waals surface area contributed by atoms with Crippen molar-refractivity contribution in [2.24, 2.45) is 0 Å². The van der Waals surface area contributed by atoms with Crippen LogP contribution in [0, 0.1) is 6.92 Å². The van der Waals surface area contributed by atoms with Gasteiger partial charge in [-0.05, 0) is 13.3 Å². The lowest BCUT2D eigenvalue weighted by atomic mass is 10.5. The molecular weight excluding hydrogens is 280 g/mol. The zero-order chi connectivity index (χ0) is 13.7. The molecule has 0 atom stereocenters. The first-order chi connectivity index (χ1) is 9.17. The maximum Gasteiger partial charge on any atom is 0.251 e. The number of aromatic nitrogens is 3. The van der Waals surface area contributed by atoms with Crippen molar-refractivity contribution in [1.29, 1.82) is 0 Å². The van der Waals surface area contributed by atoms with Crippen LogP contribution in [-0.2, 0) is 5.75 Å². The zero-order valence-electron chi connectivity index (χ0n) is 10.9. The van der Waals surface area contributed by atoms with Crippen LogP contribution in [0.3, 0.4) is 0 Å². The van der Waals surface area contributed by atoms with Crippen LogP contribution in [0.15, 0.2) is 22.2 Å². The van der Waals surface area contributed by atoms with Crippen LogP contribution in [-0.4, -0.2) is 21.5 Å². The highest BCUT2D eigenvalue weighted by Crippen LogP contribution is 2.25. The molecule has 0 amide bonds. The summed E-state index contributed by atoms with van der Waals surface area (Å²) in [6, 6.07) is 1.49. The van der Waals surface area contributed by atoms with Crippen LogP contribution in [0.4, 0.5) is 5.13 Å². The van der Waals surface area contributed by atoms with E-state index in [9.17, 15) is 4.79 Å². The Morgan fingerprint density at radius 3 is 3.11 bits per heavy atom. The molecule has 0 aliphatic heterocycles. The Morgan fingerprint density at radius 2 is 2.37 bits per heavy atom. The number of aryl methyl sites for hydroxylation is 1. The molecule has 0 aliphatic rings. The van der Waals surface area contributed by atoms with Gasteiger partial charge in [-0.2, -0.15) is 0 Å². The number of H-pyrrole nitrogens is 1. The van der Waals surface area contributed by atoms with Gasteiger partial charge in [0, 0.05) is 35.1 Å². The van der Waals surface area contributed by atoms with Gasteiger partial charge in [0.05, 0.1) is 0 Å². The molecule has 0 unspecified atom stereocenters. The molecule has 0 aliphatic carbocycles. The zero-order valence-corrected chi connectivity index (χ0v) is 12.5. The van der Waals surface area contributed by atoms with Crippen molar-refractivity contribution in [2.45, 2.75) is 31.2 Å². The first-order valence-electron chi connectivity index (χ1n) is 6.06. The van der Waals surface area contributed by atoms with Crippen LogP contribution >= 0.6 is 23.1 Å². The molecule has 2 aromatic heterocycles. The summed E-state index contributed by atoms with van der Waals surface area (Å²) in [6.45, 7) is 4.88. The molecular formula is C12H16N4OS2. The van der Waals surface area contributed by atoms with Gasteiger partial charge in [-0.1, -0.05) is 18.7 Å². The second-order valence-corrected chi connectivity index (χ2v) is 6.12. The minimum atomic E-state index is -0.107. The van der Waals surface area contributed by atoms with Gasteiger partial charge in [0.15, 0.2) is 10.3 Å². The molecule has 0 spiro atoms. The second-order valence-electron chi connectivity index (χ2n) is 4.04. The number of thiazole rings is 1. The number of thioether (sulfide) groups is 1. The summed E-state index contributed by atoms with van der Waals surface area (Å²) >= 11 is 3.15. The topological polar surface area (TPSA) is 70.7 Å². The van der Waals surface area contributed by atoms with Gasteiger partial charge in [0.1, 0.15) is 0 Å². The van der Waals surface area contributed by atoms with E-state index in [0.29, 0.717) is 5.16 Å². The summed E-state index contributed by atoms with van der Waals surface area (Å²) in [7, 11) is 0. The molecule has 19 heavy (non-hydrogen) atoms. The minimum Gasteiger partial charge on any atom is -0.362 e. The predicted octanol–water partition coefficient (Wildman–Crippen LogP) is 2.65. The first kappa shape index (κ1) is 14.1. The minimum absolute atomic E-state index is 0.107. The standard InChI is InChI=1S/C12H16N4OS2/c1-3-4-13-11-14-6-9(19-11)7-18-12-15-8(2)5-10(17)16-12/h5-6H,3-4,7H2,1-2H3,(H,13,14)(H,15,16,17). The largest absolute Gasteiger partial charge is 0.362 e. The molecule has 0 saturated heterocycles. The van der Waals surface area contributed by atoms with E-state index in [0.717, 1.165) is 34.4 Å². The normalized spacial score (nSPS) is 10.6. The van der Waals surface area contributed by atoms with Gasteiger partial charge in [0.25, 0.3) is 5.56 Å². The molecule has 0 bridgehead atoms. The molecule has 5 nitrogen and oxygen atoms in total. The summed E-state index contributed by atoms with van der Waals surface area (Å²) in [5, 5.41) is 4.86. The van der Waals surface area contributed by atoms with Gasteiger partial charge in [-0.25, -0.2) is 9.97 Å². The molecule has 7 heteroatoms. The lowest BCUT2D eigenvalue weighted by molar-refractivity contribution is 0.905. The van der Waals surface area contributed by atoms with Crippen molar-refractivity contribution >= 4 is 28.2 Å². The van der Waals surface area contributed by atoms with Crippen LogP contribution in [0.1, 0.15) is 23.9 Å². The van der Waals surface area contributed by atoms with E-state index in [4.69, 9.17) is 0 Å². The van der Waals surface area contributed by atoms with Gasteiger partial charge >= 0.3 is 0 Å². The predicted molar refractivity (Wildman–Crippen MR) is 80.1 cm³/mol. The Balaban J connectivity index is 1.94. The van der Waals surface area contributed by atoms with Crippen LogP contribution in [0.25, 0.3) is 0 Å². The Kier molecular flexibility index (Phi) is 4.98. The van der Waals surface area contributed by atoms with E-state index in [1.807, 2.05) is 13.1 Å². The van der Waals surface area contributed by atoms with E-state index in [1.54, 1.807) is 11.3 Å². The molecule has 0 saturated carbocycles. The van der Waals surface area contributed by atoms with Crippen molar-refractivity contribution in [2.75, 3.05) is 11.9 Å². The number of rotatable bonds is 6. The number of anilines is 1. The third-order valence-corrected chi connectivity index (χ3v) is 4.34. The Bertz CT molecular complexity index is 593. The number of hydrogen-bond donors (Lipinski definition) is 2. The van der Waals surface area contributed by atoms with Crippen LogP contribution < -0.4 is 10.9 Å². The highest BCUT2D eigenvalue weighted by atomic mass is 32.2. The maximum atomic E-state index is 11.3. The third kappa shape index (κ3) is 4.36. The van der Waals surface area contributed by atoms with Crippen molar-refractivity contribution in [3.05, 3.63) is 33.2 Å². The molecule has 2 N–H and O–H groups in total. The average Bonchev–Trinajstić information content (AvgIpc) is 2.81. The fourth-order valence-electron chi connectivity index (χ4n) is 1.45. The Hall–Kier alpha value is -1.34. The van der Waals surface area contributed by atoms with Gasteiger partial charge < -0.3 is 10.3 Å². The SMILES string of the molecule is CCCNc1ncc(CSc2nc(C)cc(=O)[nH]2)s1. The molecule has 2 rings (SSSR count). The third-order valence-electron chi connectivity index (χ3n) is 2.28. The first-order valence-corrected chi connectivity index (χ1v) is 7.87. The molecule has 102 valence electrons. The lowest BCUT2D eigenvalue weighted by Crippen LogP contribution is -2.07. The van der Waals surface area contributed by atoms with Crippen LogP contribution in [0.5, 0.6) is 0 Å². The molecule has 0 radical (unpaired) electrons. The Morgan fingerprint density at radius 1 is 1.53 bits per heavy atom. The number of hydrogen-bond acceptors (Lipinski definition) is 6. The van der Waals surface area contributed by atoms with E-state index in [1.165, 1.54) is 17.8 Å². The summed E-state index contributed by atoms with van der Waals surface area (Å²) in [5.74, 6) is 0.762. The number of aromatic amines is 1. The summed E-state index contributed by atoms with van der Waals surface area (Å²) < 4.78 is 0. The highest BCUT2D eigenvalue weighted by Gasteiger charge is 2.04. The molecule has 2 heterocycles. The summed E-state index contributed by atoms with van der Waals surface area (Å²) in [6.07, 6.45) is 2.95. The smallest absolute Gasteiger partial charge is 0.251 e. The quantitative estimate of drug-likeness (QED) is 0.633. The maximum absolute atomic E-state index is 11.3. The van der Waals surface area contributed by atoms with Gasteiger partial charge in [-0.15, -0.1) is 11.3 Å². The fourth-order valence-corrected chi connectivity index (χ4v) is 3.23. The summed E-state index contributed by atoms with van der Waals surface area (Å²) in [5.41, 5.74) is 0.630. The van der Waals surface area contributed by atoms with Crippen molar-refractivity contribution < 1.29 is 0 Å². The lowest BCUT2D eigenvalue weighted by Gasteiger charge is -1.99. The monoisotopic (exact) mass is 296 g/mol. The van der Waals surface area contributed by atoms with Crippen molar-refractivity contribution in [1.82, 2.24) is 15.0 Å². The van der Waals surface area contributed by atoms with Crippen molar-refractivity contribution in [3.63, 3.8) is 0 Å². The molecule has 0 aromatic carbocycles. The summed E-state index contributed by atoms with van der Waals surface area (Å²) in [4.78, 5) is 23.8. The van der Waals surface area contributed by atoms with Crippen molar-refractivity contribution in [3.8, 4) is 0 Å². The van der Waals surface area contributed by atoms with Gasteiger partial charge in [0.2, 0.25) is 0 Å². The van der Waals surface area contributed by atoms with E-state index >= 15 is 0 Å². The van der Waals surface area contributed by atoms with Crippen LogP contribution in [0.2, 0.25) is 0 Å². The highest BCUT2D eigenvalue weighted by molar-refractivity contribution is 7.98. The number of nitrogens with one attached hydrogen (secondary N) is 2. The molecule has 2 aromatic rings. The second kappa shape index (κ2) is 6.72. The van der Waals surface area contributed by atoms with E-state index in [2.05, 4.69) is 27.2 Å². The van der Waals surface area contributed by atoms with Gasteiger partial charge in [-0.3, -0.25) is 4.79 Å². The fraction of sp³-hybridized carbons (Fsp3) is 0.417. The molecule has 0 fully saturated rings.